The summed E-state index contributed by atoms with van der Waals surface area (Å²) in [4.78, 5) is 24.8. The van der Waals surface area contributed by atoms with E-state index in [1.165, 1.54) is 4.90 Å². The van der Waals surface area contributed by atoms with Crippen molar-refractivity contribution in [2.24, 2.45) is 0 Å². The number of carbonyl (C=O) groups excluding carboxylic acids is 2. The van der Waals surface area contributed by atoms with Gasteiger partial charge in [-0.05, 0) is 48.4 Å². The maximum absolute atomic E-state index is 11.9. The number of rotatable bonds is 9. The minimum Gasteiger partial charge on any atom is -0.452 e. The van der Waals surface area contributed by atoms with E-state index in [2.05, 4.69) is 24.4 Å². The Hall–Kier alpha value is -2.27. The minimum absolute atomic E-state index is 0.250. The second-order valence-corrected chi connectivity index (χ2v) is 6.66. The molecule has 0 saturated carbocycles. The van der Waals surface area contributed by atoms with Gasteiger partial charge in [0.15, 0.2) is 6.61 Å². The van der Waals surface area contributed by atoms with Gasteiger partial charge in [-0.2, -0.15) is 0 Å². The molecular formula is C20H23NO3S. The van der Waals surface area contributed by atoms with Crippen LogP contribution in [0, 0.1) is 0 Å². The molecule has 2 aromatic carbocycles. The molecule has 1 amide bonds. The summed E-state index contributed by atoms with van der Waals surface area (Å²) >= 11 is 1.75. The lowest BCUT2D eigenvalue weighted by Crippen LogP contribution is -2.29. The van der Waals surface area contributed by atoms with Crippen LogP contribution in [0.4, 0.5) is 0 Å². The Kier molecular flexibility index (Phi) is 8.05. The Morgan fingerprint density at radius 1 is 1.04 bits per heavy atom. The van der Waals surface area contributed by atoms with Crippen molar-refractivity contribution in [1.82, 2.24) is 5.32 Å². The highest BCUT2D eigenvalue weighted by atomic mass is 32.2. The largest absolute Gasteiger partial charge is 0.452 e. The van der Waals surface area contributed by atoms with Crippen LogP contribution in [0.25, 0.3) is 0 Å². The Labute approximate surface area is 153 Å². The lowest BCUT2D eigenvalue weighted by molar-refractivity contribution is -0.124. The topological polar surface area (TPSA) is 55.4 Å². The number of carbonyl (C=O) groups is 2. The number of amides is 1. The van der Waals surface area contributed by atoms with Gasteiger partial charge in [0, 0.05) is 11.4 Å². The van der Waals surface area contributed by atoms with Gasteiger partial charge in [0.1, 0.15) is 0 Å². The molecule has 0 radical (unpaired) electrons. The summed E-state index contributed by atoms with van der Waals surface area (Å²) in [5.74, 6) is 0.175. The summed E-state index contributed by atoms with van der Waals surface area (Å²) in [7, 11) is 0. The number of nitrogens with one attached hydrogen (secondary N) is 1. The highest BCUT2D eigenvalue weighted by Crippen LogP contribution is 2.17. The summed E-state index contributed by atoms with van der Waals surface area (Å²) in [5.41, 5.74) is 1.62. The van der Waals surface area contributed by atoms with Crippen LogP contribution in [0.2, 0.25) is 0 Å². The monoisotopic (exact) mass is 357 g/mol. The fraction of sp³-hybridized carbons (Fsp3) is 0.300. The Morgan fingerprint density at radius 3 is 2.44 bits per heavy atom. The molecule has 1 N–H and O–H groups in total. The van der Waals surface area contributed by atoms with Crippen molar-refractivity contribution in [3.63, 3.8) is 0 Å². The van der Waals surface area contributed by atoms with Gasteiger partial charge in [-0.25, -0.2) is 4.79 Å². The van der Waals surface area contributed by atoms with Gasteiger partial charge in [-0.1, -0.05) is 37.3 Å². The average Bonchev–Trinajstić information content (AvgIpc) is 2.66. The SMILES string of the molecule is CCc1ccc(C(=O)OCC(=O)NCCCSc2ccccc2)cc1. The number of hydrogen-bond acceptors (Lipinski definition) is 4. The first-order valence-corrected chi connectivity index (χ1v) is 9.38. The zero-order valence-corrected chi connectivity index (χ0v) is 15.2. The third-order valence-corrected chi connectivity index (χ3v) is 4.69. The Balaban J connectivity index is 1.59. The lowest BCUT2D eigenvalue weighted by atomic mass is 10.1. The van der Waals surface area contributed by atoms with Gasteiger partial charge in [0.05, 0.1) is 5.56 Å². The van der Waals surface area contributed by atoms with Crippen LogP contribution in [-0.4, -0.2) is 30.8 Å². The van der Waals surface area contributed by atoms with Gasteiger partial charge < -0.3 is 10.1 Å². The third kappa shape index (κ3) is 7.01. The van der Waals surface area contributed by atoms with Crippen molar-refractivity contribution >= 4 is 23.6 Å². The molecule has 0 unspecified atom stereocenters. The van der Waals surface area contributed by atoms with Crippen LogP contribution < -0.4 is 5.32 Å². The normalized spacial score (nSPS) is 10.3. The standard InChI is InChI=1S/C20H23NO3S/c1-2-16-9-11-17(12-10-16)20(23)24-15-19(22)21-13-6-14-25-18-7-4-3-5-8-18/h3-5,7-12H,2,6,13-15H2,1H3,(H,21,22). The van der Waals surface area contributed by atoms with Crippen LogP contribution in [0.1, 0.15) is 29.3 Å². The van der Waals surface area contributed by atoms with E-state index in [4.69, 9.17) is 4.74 Å². The number of hydrogen-bond donors (Lipinski definition) is 1. The maximum atomic E-state index is 11.9. The molecule has 132 valence electrons. The fourth-order valence-corrected chi connectivity index (χ4v) is 3.02. The molecule has 0 saturated heterocycles. The molecule has 0 aromatic heterocycles. The summed E-state index contributed by atoms with van der Waals surface area (Å²) in [6.45, 7) is 2.37. The minimum atomic E-state index is -0.475. The van der Waals surface area contributed by atoms with E-state index >= 15 is 0 Å². The molecule has 0 spiro atoms. The third-order valence-electron chi connectivity index (χ3n) is 3.59. The molecule has 2 aromatic rings. The molecule has 4 nitrogen and oxygen atoms in total. The number of aryl methyl sites for hydroxylation is 1. The molecule has 0 atom stereocenters. The molecule has 0 fully saturated rings. The van der Waals surface area contributed by atoms with Crippen molar-refractivity contribution in [3.8, 4) is 0 Å². The van der Waals surface area contributed by atoms with Gasteiger partial charge in [-0.3, -0.25) is 4.79 Å². The average molecular weight is 357 g/mol. The van der Waals surface area contributed by atoms with Crippen LogP contribution >= 0.6 is 11.8 Å². The molecule has 0 aliphatic heterocycles. The summed E-state index contributed by atoms with van der Waals surface area (Å²) in [6, 6.07) is 17.4. The second kappa shape index (κ2) is 10.6. The number of thioether (sulfide) groups is 1. The van der Waals surface area contributed by atoms with E-state index < -0.39 is 5.97 Å². The first-order chi connectivity index (χ1) is 12.2. The van der Waals surface area contributed by atoms with E-state index in [1.807, 2.05) is 30.3 Å². The van der Waals surface area contributed by atoms with Crippen molar-refractivity contribution in [1.29, 1.82) is 0 Å². The van der Waals surface area contributed by atoms with Gasteiger partial charge >= 0.3 is 5.97 Å². The highest BCUT2D eigenvalue weighted by molar-refractivity contribution is 7.99. The van der Waals surface area contributed by atoms with Crippen LogP contribution in [-0.2, 0) is 16.0 Å². The molecule has 0 bridgehead atoms. The molecule has 0 aliphatic carbocycles. The van der Waals surface area contributed by atoms with E-state index in [0.717, 1.165) is 24.2 Å². The maximum Gasteiger partial charge on any atom is 0.338 e. The quantitative estimate of drug-likeness (QED) is 0.422. The molecule has 0 aliphatic rings. The number of benzene rings is 2. The van der Waals surface area contributed by atoms with E-state index in [-0.39, 0.29) is 12.5 Å². The van der Waals surface area contributed by atoms with E-state index in [9.17, 15) is 9.59 Å². The zero-order valence-electron chi connectivity index (χ0n) is 14.4. The molecular weight excluding hydrogens is 334 g/mol. The summed E-state index contributed by atoms with van der Waals surface area (Å²) in [5, 5.41) is 2.76. The lowest BCUT2D eigenvalue weighted by Gasteiger charge is -2.07. The highest BCUT2D eigenvalue weighted by Gasteiger charge is 2.09. The second-order valence-electron chi connectivity index (χ2n) is 5.49. The van der Waals surface area contributed by atoms with E-state index in [1.54, 1.807) is 23.9 Å². The first kappa shape index (κ1) is 19.1. The van der Waals surface area contributed by atoms with Crippen molar-refractivity contribution in [3.05, 3.63) is 65.7 Å². The van der Waals surface area contributed by atoms with Crippen LogP contribution in [0.15, 0.2) is 59.5 Å². The van der Waals surface area contributed by atoms with Crippen LogP contribution in [0.5, 0.6) is 0 Å². The van der Waals surface area contributed by atoms with Crippen molar-refractivity contribution in [2.45, 2.75) is 24.7 Å². The van der Waals surface area contributed by atoms with Gasteiger partial charge in [0.2, 0.25) is 0 Å². The van der Waals surface area contributed by atoms with Gasteiger partial charge in [-0.15, -0.1) is 11.8 Å². The predicted molar refractivity (Wildman–Crippen MR) is 101 cm³/mol. The number of ether oxygens (including phenoxy) is 1. The molecule has 0 heterocycles. The van der Waals surface area contributed by atoms with E-state index in [0.29, 0.717) is 12.1 Å². The number of esters is 1. The van der Waals surface area contributed by atoms with Gasteiger partial charge in [0.25, 0.3) is 5.91 Å². The first-order valence-electron chi connectivity index (χ1n) is 8.39. The van der Waals surface area contributed by atoms with Crippen molar-refractivity contribution < 1.29 is 14.3 Å². The van der Waals surface area contributed by atoms with Crippen molar-refractivity contribution in [2.75, 3.05) is 18.9 Å². The molecule has 25 heavy (non-hydrogen) atoms. The molecule has 5 heteroatoms. The molecule has 2 rings (SSSR count). The smallest absolute Gasteiger partial charge is 0.338 e. The van der Waals surface area contributed by atoms with Crippen LogP contribution in [0.3, 0.4) is 0 Å². The summed E-state index contributed by atoms with van der Waals surface area (Å²) < 4.78 is 5.03. The Morgan fingerprint density at radius 2 is 1.76 bits per heavy atom. The predicted octanol–water partition coefficient (Wildman–Crippen LogP) is 3.70. The zero-order chi connectivity index (χ0) is 17.9. The fourth-order valence-electron chi connectivity index (χ4n) is 2.15. The summed E-state index contributed by atoms with van der Waals surface area (Å²) in [6.07, 6.45) is 1.78. The Bertz CT molecular complexity index is 671.